The van der Waals surface area contributed by atoms with E-state index in [1.54, 1.807) is 12.3 Å². The molecule has 1 aromatic heterocycles. The van der Waals surface area contributed by atoms with Crippen molar-refractivity contribution < 1.29 is 23.9 Å². The van der Waals surface area contributed by atoms with Gasteiger partial charge in [-0.05, 0) is 69.6 Å². The number of hydrogen-bond acceptors (Lipinski definition) is 6. The maximum atomic E-state index is 13.5. The van der Waals surface area contributed by atoms with Crippen LogP contribution in [0.3, 0.4) is 0 Å². The van der Waals surface area contributed by atoms with Crippen molar-refractivity contribution in [2.24, 2.45) is 34.8 Å². The summed E-state index contributed by atoms with van der Waals surface area (Å²) in [6.45, 7) is 10.1. The van der Waals surface area contributed by atoms with Crippen molar-refractivity contribution in [1.82, 2.24) is 15.1 Å². The van der Waals surface area contributed by atoms with Crippen molar-refractivity contribution in [3.8, 4) is 5.88 Å². The van der Waals surface area contributed by atoms with E-state index in [9.17, 15) is 14.4 Å². The monoisotopic (exact) mass is 500 g/mol. The Hall–Kier alpha value is -2.84. The second-order valence-corrected chi connectivity index (χ2v) is 11.9. The summed E-state index contributed by atoms with van der Waals surface area (Å²) in [4.78, 5) is 37.3. The van der Waals surface area contributed by atoms with Crippen molar-refractivity contribution in [2.45, 2.75) is 84.8 Å². The lowest BCUT2D eigenvalue weighted by molar-refractivity contribution is -0.137. The number of primary amides is 1. The van der Waals surface area contributed by atoms with Gasteiger partial charge in [-0.1, -0.05) is 26.8 Å². The molecule has 2 atom stereocenters. The highest BCUT2D eigenvalue weighted by Crippen LogP contribution is 2.57. The Morgan fingerprint density at radius 2 is 1.92 bits per heavy atom. The third-order valence-corrected chi connectivity index (χ3v) is 8.05. The average Bonchev–Trinajstić information content (AvgIpc) is 3.19. The first kappa shape index (κ1) is 26.2. The van der Waals surface area contributed by atoms with Crippen molar-refractivity contribution >= 4 is 24.0 Å². The normalized spacial score (nSPS) is 29.1. The number of aromatic nitrogens is 2. The number of Topliss-reactive ketones (excluding diaryl/α,β-unsaturated/α-hetero) is 1. The fourth-order valence-corrected chi connectivity index (χ4v) is 6.56. The van der Waals surface area contributed by atoms with Crippen molar-refractivity contribution in [1.29, 1.82) is 0 Å². The fourth-order valence-electron chi connectivity index (χ4n) is 6.56. The van der Waals surface area contributed by atoms with Crippen LogP contribution in [-0.2, 0) is 9.53 Å². The van der Waals surface area contributed by atoms with Gasteiger partial charge in [-0.25, -0.2) is 9.48 Å². The first-order chi connectivity index (χ1) is 16.9. The predicted octanol–water partition coefficient (Wildman–Crippen LogP) is 4.17. The molecule has 0 aliphatic heterocycles. The number of hydrogen-bond donors (Lipinski definition) is 2. The van der Waals surface area contributed by atoms with Crippen LogP contribution >= 0.6 is 0 Å². The molecule has 9 nitrogen and oxygen atoms in total. The number of nitrogens with two attached hydrogens (primary N) is 1. The SMILES string of the molecule is CCC(=O)C(C)(C)/C=C/n1ncc(C(=O)NC2C3CC4CC2CC(OC(N)=O)(C4)C3)c1OCC(C)C. The van der Waals surface area contributed by atoms with Gasteiger partial charge in [-0.2, -0.15) is 5.10 Å². The second kappa shape index (κ2) is 9.90. The van der Waals surface area contributed by atoms with E-state index in [0.29, 0.717) is 30.4 Å². The van der Waals surface area contributed by atoms with Crippen LogP contribution in [0.5, 0.6) is 5.88 Å². The Kier molecular flexibility index (Phi) is 7.21. The summed E-state index contributed by atoms with van der Waals surface area (Å²) >= 11 is 0. The summed E-state index contributed by atoms with van der Waals surface area (Å²) in [6, 6.07) is 0.0107. The van der Waals surface area contributed by atoms with Gasteiger partial charge in [0, 0.05) is 24.1 Å². The van der Waals surface area contributed by atoms with E-state index in [0.717, 1.165) is 32.1 Å². The first-order valence-electron chi connectivity index (χ1n) is 13.2. The smallest absolute Gasteiger partial charge is 0.405 e. The number of carbonyl (C=O) groups is 3. The molecule has 0 radical (unpaired) electrons. The van der Waals surface area contributed by atoms with Gasteiger partial charge >= 0.3 is 6.09 Å². The number of amides is 2. The van der Waals surface area contributed by atoms with Gasteiger partial charge in [0.15, 0.2) is 0 Å². The molecule has 5 rings (SSSR count). The van der Waals surface area contributed by atoms with Gasteiger partial charge in [0.25, 0.3) is 5.91 Å². The number of ether oxygens (including phenoxy) is 2. The number of rotatable bonds is 10. The summed E-state index contributed by atoms with van der Waals surface area (Å²) in [5, 5.41) is 7.66. The largest absolute Gasteiger partial charge is 0.477 e. The number of allylic oxidation sites excluding steroid dienone is 1. The number of nitrogens with one attached hydrogen (secondary N) is 1. The summed E-state index contributed by atoms with van der Waals surface area (Å²) in [5.41, 5.74) is 4.61. The van der Waals surface area contributed by atoms with Gasteiger partial charge in [0.2, 0.25) is 5.88 Å². The number of carbonyl (C=O) groups excluding carboxylic acids is 3. The van der Waals surface area contributed by atoms with E-state index < -0.39 is 17.1 Å². The third kappa shape index (κ3) is 5.30. The first-order valence-corrected chi connectivity index (χ1v) is 13.2. The molecule has 0 spiro atoms. The van der Waals surface area contributed by atoms with Gasteiger partial charge in [0.05, 0.1) is 12.8 Å². The Bertz CT molecular complexity index is 1030. The zero-order chi connectivity index (χ0) is 26.3. The van der Waals surface area contributed by atoms with Crippen molar-refractivity contribution in [3.05, 3.63) is 17.8 Å². The molecule has 2 amide bonds. The topological polar surface area (TPSA) is 126 Å². The van der Waals surface area contributed by atoms with E-state index >= 15 is 0 Å². The predicted molar refractivity (Wildman–Crippen MR) is 135 cm³/mol. The Balaban J connectivity index is 1.53. The van der Waals surface area contributed by atoms with E-state index in [2.05, 4.69) is 10.4 Å². The summed E-state index contributed by atoms with van der Waals surface area (Å²) in [6.07, 6.45) is 9.12. The number of nitrogens with zero attached hydrogens (tertiary/aromatic N) is 2. The zero-order valence-electron chi connectivity index (χ0n) is 22.1. The molecular weight excluding hydrogens is 460 g/mol. The summed E-state index contributed by atoms with van der Waals surface area (Å²) in [5.74, 6) is 1.52. The molecule has 9 heteroatoms. The maximum absolute atomic E-state index is 13.5. The molecule has 36 heavy (non-hydrogen) atoms. The lowest BCUT2D eigenvalue weighted by atomic mass is 9.52. The highest BCUT2D eigenvalue weighted by molar-refractivity contribution is 5.96. The number of ketones is 1. The standard InChI is InChI=1S/C27H40N4O5/c1-6-21(32)26(4,5)7-8-31-24(35-15-16(2)3)20(14-29-31)23(33)30-22-18-9-17-10-19(22)13-27(11-17,12-18)36-25(28)34/h7-8,14,16-19,22H,6,9-13,15H2,1-5H3,(H2,28,34)(H,30,33)/b8-7+. The minimum absolute atomic E-state index is 0.0107. The Labute approximate surface area is 213 Å². The van der Waals surface area contributed by atoms with E-state index in [-0.39, 0.29) is 35.5 Å². The minimum Gasteiger partial charge on any atom is -0.477 e. The van der Waals surface area contributed by atoms with Crippen LogP contribution in [-0.4, -0.2) is 45.8 Å². The van der Waals surface area contributed by atoms with Crippen LogP contribution in [0.2, 0.25) is 0 Å². The molecule has 4 aliphatic rings. The molecule has 4 saturated carbocycles. The van der Waals surface area contributed by atoms with E-state index in [1.807, 2.05) is 34.6 Å². The van der Waals surface area contributed by atoms with Gasteiger partial charge in [-0.3, -0.25) is 9.59 Å². The van der Waals surface area contributed by atoms with E-state index in [1.165, 1.54) is 10.9 Å². The highest BCUT2D eigenvalue weighted by atomic mass is 16.6. The third-order valence-electron chi connectivity index (χ3n) is 8.05. The van der Waals surface area contributed by atoms with Crippen molar-refractivity contribution in [3.63, 3.8) is 0 Å². The quantitative estimate of drug-likeness (QED) is 0.497. The molecule has 1 heterocycles. The molecule has 4 bridgehead atoms. The highest BCUT2D eigenvalue weighted by Gasteiger charge is 2.57. The molecule has 2 unspecified atom stereocenters. The van der Waals surface area contributed by atoms with Crippen molar-refractivity contribution in [2.75, 3.05) is 6.61 Å². The molecule has 0 aromatic carbocycles. The molecule has 1 aromatic rings. The molecule has 198 valence electrons. The molecule has 4 aliphatic carbocycles. The molecule has 0 saturated heterocycles. The van der Waals surface area contributed by atoms with Crippen LogP contribution in [0, 0.1) is 29.1 Å². The fraction of sp³-hybridized carbons (Fsp3) is 0.704. The molecule has 4 fully saturated rings. The van der Waals surface area contributed by atoms with Crippen LogP contribution in [0.1, 0.15) is 83.5 Å². The Morgan fingerprint density at radius 1 is 1.25 bits per heavy atom. The van der Waals surface area contributed by atoms with Gasteiger partial charge in [-0.15, -0.1) is 0 Å². The van der Waals surface area contributed by atoms with E-state index in [4.69, 9.17) is 15.2 Å². The summed E-state index contributed by atoms with van der Waals surface area (Å²) in [7, 11) is 0. The summed E-state index contributed by atoms with van der Waals surface area (Å²) < 4.78 is 13.2. The molecular formula is C27H40N4O5. The zero-order valence-corrected chi connectivity index (χ0v) is 22.1. The van der Waals surface area contributed by atoms with Crippen LogP contribution < -0.4 is 15.8 Å². The minimum atomic E-state index is -0.714. The van der Waals surface area contributed by atoms with Gasteiger partial charge < -0.3 is 20.5 Å². The van der Waals surface area contributed by atoms with Gasteiger partial charge in [0.1, 0.15) is 16.9 Å². The Morgan fingerprint density at radius 3 is 2.50 bits per heavy atom. The maximum Gasteiger partial charge on any atom is 0.405 e. The molecule has 3 N–H and O–H groups in total. The van der Waals surface area contributed by atoms with Crippen LogP contribution in [0.4, 0.5) is 4.79 Å². The van der Waals surface area contributed by atoms with Crippen LogP contribution in [0.15, 0.2) is 12.3 Å². The lowest BCUT2D eigenvalue weighted by Crippen LogP contribution is -2.63. The van der Waals surface area contributed by atoms with Crippen LogP contribution in [0.25, 0.3) is 6.20 Å². The average molecular weight is 501 g/mol. The second-order valence-electron chi connectivity index (χ2n) is 11.9. The lowest BCUT2D eigenvalue weighted by Gasteiger charge is -2.58.